The molecule has 100 valence electrons. The fourth-order valence-corrected chi connectivity index (χ4v) is 2.09. The van der Waals surface area contributed by atoms with Gasteiger partial charge in [0.15, 0.2) is 0 Å². The van der Waals surface area contributed by atoms with Gasteiger partial charge in [0.25, 0.3) is 0 Å². The number of methoxy groups -OCH3 is 1. The molecule has 0 amide bonds. The molecule has 0 saturated heterocycles. The Morgan fingerprint density at radius 2 is 1.84 bits per heavy atom. The Morgan fingerprint density at radius 1 is 1.11 bits per heavy atom. The Morgan fingerprint density at radius 3 is 2.47 bits per heavy atom. The van der Waals surface area contributed by atoms with Gasteiger partial charge < -0.3 is 15.8 Å². The molecule has 2 aromatic rings. The van der Waals surface area contributed by atoms with Crippen molar-refractivity contribution in [3.05, 3.63) is 41.1 Å². The standard InChI is InChI=1S/C15H19N3O/c1-9-5-11(3)15(19-4)13(6-9)18-14-7-10(2)12(16)8-17-14/h5-8H,16H2,1-4H3,(H,17,18). The van der Waals surface area contributed by atoms with Gasteiger partial charge in [0.2, 0.25) is 0 Å². The van der Waals surface area contributed by atoms with E-state index < -0.39 is 0 Å². The van der Waals surface area contributed by atoms with Gasteiger partial charge in [-0.2, -0.15) is 0 Å². The zero-order valence-corrected chi connectivity index (χ0v) is 11.7. The number of ether oxygens (including phenoxy) is 1. The monoisotopic (exact) mass is 257 g/mol. The molecule has 0 aliphatic heterocycles. The normalized spacial score (nSPS) is 10.3. The van der Waals surface area contributed by atoms with Crippen molar-refractivity contribution < 1.29 is 4.74 Å². The second kappa shape index (κ2) is 5.18. The van der Waals surface area contributed by atoms with Gasteiger partial charge in [0.1, 0.15) is 11.6 Å². The van der Waals surface area contributed by atoms with Gasteiger partial charge in [-0.05, 0) is 49.6 Å². The van der Waals surface area contributed by atoms with Crippen molar-refractivity contribution in [2.24, 2.45) is 0 Å². The van der Waals surface area contributed by atoms with E-state index in [2.05, 4.69) is 23.3 Å². The van der Waals surface area contributed by atoms with Crippen molar-refractivity contribution in [2.75, 3.05) is 18.2 Å². The topological polar surface area (TPSA) is 60.2 Å². The lowest BCUT2D eigenvalue weighted by Gasteiger charge is -2.14. The lowest BCUT2D eigenvalue weighted by molar-refractivity contribution is 0.413. The summed E-state index contributed by atoms with van der Waals surface area (Å²) < 4.78 is 5.44. The van der Waals surface area contributed by atoms with Gasteiger partial charge in [-0.3, -0.25) is 0 Å². The van der Waals surface area contributed by atoms with Crippen LogP contribution in [0.3, 0.4) is 0 Å². The highest BCUT2D eigenvalue weighted by atomic mass is 16.5. The molecule has 0 radical (unpaired) electrons. The zero-order chi connectivity index (χ0) is 14.0. The highest BCUT2D eigenvalue weighted by molar-refractivity contribution is 5.68. The third-order valence-corrected chi connectivity index (χ3v) is 3.04. The van der Waals surface area contributed by atoms with E-state index in [0.29, 0.717) is 5.69 Å². The SMILES string of the molecule is COc1c(C)cc(C)cc1Nc1cc(C)c(N)cn1. The first-order chi connectivity index (χ1) is 9.01. The number of anilines is 3. The Kier molecular flexibility index (Phi) is 3.60. The number of pyridine rings is 1. The summed E-state index contributed by atoms with van der Waals surface area (Å²) in [5, 5.41) is 3.28. The minimum atomic E-state index is 0.693. The molecular weight excluding hydrogens is 238 g/mol. The molecule has 4 heteroatoms. The number of rotatable bonds is 3. The van der Waals surface area contributed by atoms with Gasteiger partial charge >= 0.3 is 0 Å². The number of nitrogens with two attached hydrogens (primary N) is 1. The highest BCUT2D eigenvalue weighted by Crippen LogP contribution is 2.32. The number of aryl methyl sites for hydroxylation is 3. The van der Waals surface area contributed by atoms with E-state index in [-0.39, 0.29) is 0 Å². The number of nitrogens with zero attached hydrogens (tertiary/aromatic N) is 1. The smallest absolute Gasteiger partial charge is 0.145 e. The van der Waals surface area contributed by atoms with Gasteiger partial charge in [0.05, 0.1) is 24.7 Å². The molecule has 0 fully saturated rings. The van der Waals surface area contributed by atoms with E-state index in [9.17, 15) is 0 Å². The maximum absolute atomic E-state index is 5.77. The van der Waals surface area contributed by atoms with Crippen LogP contribution in [0.2, 0.25) is 0 Å². The van der Waals surface area contributed by atoms with Crippen LogP contribution in [0.15, 0.2) is 24.4 Å². The fourth-order valence-electron chi connectivity index (χ4n) is 2.09. The summed E-state index contributed by atoms with van der Waals surface area (Å²) in [5.41, 5.74) is 10.6. The molecule has 0 aliphatic carbocycles. The Balaban J connectivity index is 2.39. The van der Waals surface area contributed by atoms with Crippen LogP contribution in [0.4, 0.5) is 17.2 Å². The van der Waals surface area contributed by atoms with Crippen LogP contribution in [-0.2, 0) is 0 Å². The summed E-state index contributed by atoms with van der Waals surface area (Å²) in [6, 6.07) is 6.05. The number of hydrogen-bond donors (Lipinski definition) is 2. The molecule has 3 N–H and O–H groups in total. The Hall–Kier alpha value is -2.23. The van der Waals surface area contributed by atoms with E-state index in [0.717, 1.165) is 28.4 Å². The summed E-state index contributed by atoms with van der Waals surface area (Å²) in [6.07, 6.45) is 1.66. The quantitative estimate of drug-likeness (QED) is 0.885. The minimum absolute atomic E-state index is 0.693. The molecule has 0 spiro atoms. The molecule has 0 aliphatic rings. The molecule has 2 rings (SSSR count). The number of hydrogen-bond acceptors (Lipinski definition) is 4. The zero-order valence-electron chi connectivity index (χ0n) is 11.7. The Labute approximate surface area is 113 Å². The van der Waals surface area contributed by atoms with Crippen LogP contribution in [0.25, 0.3) is 0 Å². The summed E-state index contributed by atoms with van der Waals surface area (Å²) in [5.74, 6) is 1.59. The van der Waals surface area contributed by atoms with Crippen molar-refractivity contribution in [3.8, 4) is 5.75 Å². The van der Waals surface area contributed by atoms with Crippen molar-refractivity contribution >= 4 is 17.2 Å². The average molecular weight is 257 g/mol. The van der Waals surface area contributed by atoms with Gasteiger partial charge in [-0.15, -0.1) is 0 Å². The first-order valence-electron chi connectivity index (χ1n) is 6.15. The molecule has 0 saturated carbocycles. The average Bonchev–Trinajstić information content (AvgIpc) is 2.33. The van der Waals surface area contributed by atoms with Gasteiger partial charge in [-0.1, -0.05) is 6.07 Å². The van der Waals surface area contributed by atoms with Crippen molar-refractivity contribution in [1.82, 2.24) is 4.98 Å². The lowest BCUT2D eigenvalue weighted by atomic mass is 10.1. The molecule has 0 atom stereocenters. The van der Waals surface area contributed by atoms with Crippen LogP contribution < -0.4 is 15.8 Å². The molecule has 1 aromatic carbocycles. The number of benzene rings is 1. The molecule has 19 heavy (non-hydrogen) atoms. The lowest BCUT2D eigenvalue weighted by Crippen LogP contribution is -2.00. The predicted octanol–water partition coefficient (Wildman–Crippen LogP) is 3.34. The van der Waals surface area contributed by atoms with Gasteiger partial charge in [0, 0.05) is 0 Å². The number of nitrogen functional groups attached to an aromatic ring is 1. The fraction of sp³-hybridized carbons (Fsp3) is 0.267. The maximum Gasteiger partial charge on any atom is 0.145 e. The molecule has 1 aromatic heterocycles. The van der Waals surface area contributed by atoms with Crippen molar-refractivity contribution in [2.45, 2.75) is 20.8 Å². The summed E-state index contributed by atoms with van der Waals surface area (Å²) >= 11 is 0. The minimum Gasteiger partial charge on any atom is -0.494 e. The number of aromatic nitrogens is 1. The molecule has 0 bridgehead atoms. The van der Waals surface area contributed by atoms with E-state index in [1.54, 1.807) is 13.3 Å². The van der Waals surface area contributed by atoms with Gasteiger partial charge in [-0.25, -0.2) is 4.98 Å². The largest absolute Gasteiger partial charge is 0.494 e. The first kappa shape index (κ1) is 13.2. The summed E-state index contributed by atoms with van der Waals surface area (Å²) in [4.78, 5) is 4.28. The second-order valence-electron chi connectivity index (χ2n) is 4.71. The van der Waals surface area contributed by atoms with E-state index >= 15 is 0 Å². The molecule has 1 heterocycles. The van der Waals surface area contributed by atoms with Crippen molar-refractivity contribution in [3.63, 3.8) is 0 Å². The predicted molar refractivity (Wildman–Crippen MR) is 79.1 cm³/mol. The van der Waals surface area contributed by atoms with E-state index in [1.165, 1.54) is 5.56 Å². The van der Waals surface area contributed by atoms with Crippen LogP contribution >= 0.6 is 0 Å². The highest BCUT2D eigenvalue weighted by Gasteiger charge is 2.08. The van der Waals surface area contributed by atoms with Crippen LogP contribution in [0.1, 0.15) is 16.7 Å². The summed E-state index contributed by atoms with van der Waals surface area (Å²) in [6.45, 7) is 6.04. The van der Waals surface area contributed by atoms with E-state index in [4.69, 9.17) is 10.5 Å². The second-order valence-corrected chi connectivity index (χ2v) is 4.71. The summed E-state index contributed by atoms with van der Waals surface area (Å²) in [7, 11) is 1.67. The van der Waals surface area contributed by atoms with E-state index in [1.807, 2.05) is 26.0 Å². The Bertz CT molecular complexity index is 609. The molecule has 0 unspecified atom stereocenters. The van der Waals surface area contributed by atoms with Crippen LogP contribution in [0.5, 0.6) is 5.75 Å². The van der Waals surface area contributed by atoms with Crippen LogP contribution in [-0.4, -0.2) is 12.1 Å². The maximum atomic E-state index is 5.77. The first-order valence-corrected chi connectivity index (χ1v) is 6.15. The molecular formula is C15H19N3O. The molecule has 4 nitrogen and oxygen atoms in total. The third-order valence-electron chi connectivity index (χ3n) is 3.04. The number of nitrogens with one attached hydrogen (secondary N) is 1. The van der Waals surface area contributed by atoms with Crippen LogP contribution in [0, 0.1) is 20.8 Å². The third kappa shape index (κ3) is 2.78. The van der Waals surface area contributed by atoms with Crippen molar-refractivity contribution in [1.29, 1.82) is 0 Å².